The Morgan fingerprint density at radius 1 is 1.00 bits per heavy atom. The molecule has 9 heteroatoms. The molecule has 2 aromatic heterocycles. The van der Waals surface area contributed by atoms with E-state index >= 15 is 0 Å². The number of likely N-dealkylation sites (tertiary alicyclic amines) is 1. The fourth-order valence-electron chi connectivity index (χ4n) is 4.36. The molecule has 1 N–H and O–H groups in total. The van der Waals surface area contributed by atoms with Crippen molar-refractivity contribution < 1.29 is 14.3 Å². The Morgan fingerprint density at radius 3 is 2.45 bits per heavy atom. The van der Waals surface area contributed by atoms with Gasteiger partial charge in [-0.1, -0.05) is 0 Å². The highest BCUT2D eigenvalue weighted by atomic mass is 16.5. The van der Waals surface area contributed by atoms with Gasteiger partial charge in [-0.25, -0.2) is 9.97 Å². The van der Waals surface area contributed by atoms with Crippen molar-refractivity contribution >= 4 is 11.9 Å². The molecule has 0 unspecified atom stereocenters. The first-order chi connectivity index (χ1) is 14.2. The molecule has 0 aromatic carbocycles. The third-order valence-electron chi connectivity index (χ3n) is 6.28. The van der Waals surface area contributed by atoms with Gasteiger partial charge >= 0.3 is 0 Å². The van der Waals surface area contributed by atoms with Crippen LogP contribution in [0.5, 0.6) is 0 Å². The first-order valence-electron chi connectivity index (χ1n) is 10.00. The van der Waals surface area contributed by atoms with Crippen molar-refractivity contribution in [3.05, 3.63) is 42.2 Å². The van der Waals surface area contributed by atoms with Gasteiger partial charge in [0.25, 0.3) is 5.91 Å². The predicted octanol–water partition coefficient (Wildman–Crippen LogP) is 1.25. The molecule has 3 aliphatic heterocycles. The molecular weight excluding hydrogens is 372 g/mol. The number of nitrogens with zero attached hydrogens (tertiary/aromatic N) is 5. The lowest BCUT2D eigenvalue weighted by atomic mass is 9.80. The summed E-state index contributed by atoms with van der Waals surface area (Å²) in [7, 11) is 0. The predicted molar refractivity (Wildman–Crippen MR) is 103 cm³/mol. The maximum Gasteiger partial charge on any atom is 0.257 e. The van der Waals surface area contributed by atoms with Crippen LogP contribution >= 0.6 is 0 Å². The van der Waals surface area contributed by atoms with E-state index in [9.17, 15) is 4.79 Å². The number of aromatic nitrogens is 4. The number of ether oxygens (including phenoxy) is 2. The summed E-state index contributed by atoms with van der Waals surface area (Å²) in [5.74, 6) is 0.438. The lowest BCUT2D eigenvalue weighted by Crippen LogP contribution is -2.53. The van der Waals surface area contributed by atoms with Gasteiger partial charge in [0, 0.05) is 51.1 Å². The number of carbonyl (C=O) groups is 1. The van der Waals surface area contributed by atoms with E-state index in [0.717, 1.165) is 51.3 Å². The fraction of sp³-hybridized carbons (Fsp3) is 0.550. The molecule has 2 aromatic rings. The van der Waals surface area contributed by atoms with Gasteiger partial charge in [-0.2, -0.15) is 0 Å². The van der Waals surface area contributed by atoms with E-state index in [4.69, 9.17) is 9.47 Å². The maximum absolute atomic E-state index is 12.9. The Kier molecular flexibility index (Phi) is 4.63. The molecule has 152 valence electrons. The van der Waals surface area contributed by atoms with Crippen molar-refractivity contribution in [2.75, 3.05) is 44.8 Å². The Bertz CT molecular complexity index is 866. The van der Waals surface area contributed by atoms with Crippen LogP contribution in [-0.2, 0) is 15.0 Å². The molecule has 5 heterocycles. The van der Waals surface area contributed by atoms with Crippen LogP contribution in [0.2, 0.25) is 0 Å². The summed E-state index contributed by atoms with van der Waals surface area (Å²) in [4.78, 5) is 32.1. The fourth-order valence-corrected chi connectivity index (χ4v) is 4.36. The van der Waals surface area contributed by atoms with E-state index in [0.29, 0.717) is 24.7 Å². The lowest BCUT2D eigenvalue weighted by molar-refractivity contribution is -0.0473. The van der Waals surface area contributed by atoms with Gasteiger partial charge in [-0.3, -0.25) is 14.8 Å². The summed E-state index contributed by atoms with van der Waals surface area (Å²) in [5.41, 5.74) is 1.04. The monoisotopic (exact) mass is 396 g/mol. The standard InChI is InChI=1S/C20H24N6O3/c27-17(26-6-1-19(12-26)2-7-28-8-3-19)15-9-23-18(24-10-15)25-20(13-29-14-20)16-11-21-4-5-22-16/h4-5,9-11H,1-3,6-8,12-14H2,(H,23,24,25). The van der Waals surface area contributed by atoms with E-state index in [1.807, 2.05) is 4.90 Å². The van der Waals surface area contributed by atoms with Gasteiger partial charge in [0.15, 0.2) is 0 Å². The van der Waals surface area contributed by atoms with Gasteiger partial charge in [-0.15, -0.1) is 0 Å². The Morgan fingerprint density at radius 2 is 1.79 bits per heavy atom. The number of hydrogen-bond donors (Lipinski definition) is 1. The van der Waals surface area contributed by atoms with E-state index in [2.05, 4.69) is 25.3 Å². The van der Waals surface area contributed by atoms with Crippen molar-refractivity contribution in [3.63, 3.8) is 0 Å². The summed E-state index contributed by atoms with van der Waals surface area (Å²) >= 11 is 0. The van der Waals surface area contributed by atoms with Gasteiger partial charge in [-0.05, 0) is 24.7 Å². The van der Waals surface area contributed by atoms with Gasteiger partial charge in [0.1, 0.15) is 5.54 Å². The average Bonchev–Trinajstić information content (AvgIpc) is 3.15. The number of hydrogen-bond acceptors (Lipinski definition) is 8. The highest BCUT2D eigenvalue weighted by molar-refractivity contribution is 5.94. The van der Waals surface area contributed by atoms with E-state index in [1.54, 1.807) is 31.0 Å². The highest BCUT2D eigenvalue weighted by Gasteiger charge is 2.43. The van der Waals surface area contributed by atoms with Crippen LogP contribution in [0.1, 0.15) is 35.3 Å². The molecule has 0 atom stereocenters. The third kappa shape index (κ3) is 3.44. The van der Waals surface area contributed by atoms with Crippen molar-refractivity contribution in [3.8, 4) is 0 Å². The maximum atomic E-state index is 12.9. The number of rotatable bonds is 4. The molecule has 3 aliphatic rings. The van der Waals surface area contributed by atoms with Gasteiger partial charge < -0.3 is 19.7 Å². The Hall–Kier alpha value is -2.65. The summed E-state index contributed by atoms with van der Waals surface area (Å²) in [6.45, 7) is 4.10. The lowest BCUT2D eigenvalue weighted by Gasteiger charge is -2.41. The zero-order chi connectivity index (χ0) is 19.7. The quantitative estimate of drug-likeness (QED) is 0.824. The first kappa shape index (κ1) is 18.4. The number of carbonyl (C=O) groups excluding carboxylic acids is 1. The molecule has 3 fully saturated rings. The van der Waals surface area contributed by atoms with E-state index in [-0.39, 0.29) is 11.3 Å². The molecule has 0 saturated carbocycles. The minimum absolute atomic E-state index is 0.00414. The van der Waals surface area contributed by atoms with Crippen molar-refractivity contribution in [1.29, 1.82) is 0 Å². The van der Waals surface area contributed by atoms with Crippen LogP contribution in [0.15, 0.2) is 31.0 Å². The minimum Gasteiger partial charge on any atom is -0.381 e. The second-order valence-electron chi connectivity index (χ2n) is 8.17. The number of nitrogens with one attached hydrogen (secondary N) is 1. The smallest absolute Gasteiger partial charge is 0.257 e. The molecule has 3 saturated heterocycles. The van der Waals surface area contributed by atoms with Gasteiger partial charge in [0.2, 0.25) is 5.95 Å². The van der Waals surface area contributed by atoms with Crippen molar-refractivity contribution in [2.24, 2.45) is 5.41 Å². The van der Waals surface area contributed by atoms with Gasteiger partial charge in [0.05, 0.1) is 30.7 Å². The van der Waals surface area contributed by atoms with Crippen LogP contribution in [-0.4, -0.2) is 70.3 Å². The van der Waals surface area contributed by atoms with E-state index in [1.165, 1.54) is 0 Å². The summed E-state index contributed by atoms with van der Waals surface area (Å²) < 4.78 is 10.9. The molecule has 1 spiro atoms. The molecule has 0 bridgehead atoms. The molecule has 29 heavy (non-hydrogen) atoms. The Labute approximate surface area is 168 Å². The van der Waals surface area contributed by atoms with E-state index < -0.39 is 5.54 Å². The second kappa shape index (κ2) is 7.31. The second-order valence-corrected chi connectivity index (χ2v) is 8.17. The SMILES string of the molecule is O=C(c1cnc(NC2(c3cnccn3)COC2)nc1)N1CCC2(CCOCC2)C1. The first-order valence-corrected chi connectivity index (χ1v) is 10.00. The van der Waals surface area contributed by atoms with Crippen LogP contribution in [0.4, 0.5) is 5.95 Å². The molecule has 0 aliphatic carbocycles. The van der Waals surface area contributed by atoms with Crippen molar-refractivity contribution in [1.82, 2.24) is 24.8 Å². The number of amides is 1. The summed E-state index contributed by atoms with van der Waals surface area (Å²) in [5, 5.41) is 3.30. The zero-order valence-electron chi connectivity index (χ0n) is 16.2. The zero-order valence-corrected chi connectivity index (χ0v) is 16.2. The molecule has 0 radical (unpaired) electrons. The molecule has 1 amide bonds. The minimum atomic E-state index is -0.482. The summed E-state index contributed by atoms with van der Waals surface area (Å²) in [6, 6.07) is 0. The Balaban J connectivity index is 1.26. The average molecular weight is 396 g/mol. The topological polar surface area (TPSA) is 102 Å². The normalized spacial score (nSPS) is 22.3. The third-order valence-corrected chi connectivity index (χ3v) is 6.28. The van der Waals surface area contributed by atoms with Crippen LogP contribution < -0.4 is 5.32 Å². The number of anilines is 1. The van der Waals surface area contributed by atoms with Crippen LogP contribution in [0, 0.1) is 5.41 Å². The summed E-state index contributed by atoms with van der Waals surface area (Å²) in [6.07, 6.45) is 11.3. The van der Waals surface area contributed by atoms with Crippen LogP contribution in [0.25, 0.3) is 0 Å². The molecule has 5 rings (SSSR count). The molecule has 9 nitrogen and oxygen atoms in total. The van der Waals surface area contributed by atoms with Crippen LogP contribution in [0.3, 0.4) is 0 Å². The largest absolute Gasteiger partial charge is 0.381 e. The molecular formula is C20H24N6O3. The van der Waals surface area contributed by atoms with Crippen molar-refractivity contribution in [2.45, 2.75) is 24.8 Å². The highest BCUT2D eigenvalue weighted by Crippen LogP contribution is 2.40.